The van der Waals surface area contributed by atoms with Gasteiger partial charge >= 0.3 is 6.09 Å². The summed E-state index contributed by atoms with van der Waals surface area (Å²) in [6, 6.07) is 3.55. The molecule has 2 amide bonds. The number of carbonyl (C=O) groups is 2. The van der Waals surface area contributed by atoms with Gasteiger partial charge in [0.25, 0.3) is 0 Å². The van der Waals surface area contributed by atoms with E-state index in [0.29, 0.717) is 24.9 Å². The second kappa shape index (κ2) is 10.0. The van der Waals surface area contributed by atoms with Gasteiger partial charge in [-0.15, -0.1) is 10.8 Å². The van der Waals surface area contributed by atoms with Gasteiger partial charge in [0.15, 0.2) is 5.82 Å². The van der Waals surface area contributed by atoms with E-state index in [1.165, 1.54) is 16.6 Å². The average molecular weight is 497 g/mol. The van der Waals surface area contributed by atoms with Crippen LogP contribution < -0.4 is 5.32 Å². The molecule has 1 aromatic carbocycles. The minimum atomic E-state index is -3.55. The number of halogens is 1. The average Bonchev–Trinajstić information content (AvgIpc) is 2.93. The Labute approximate surface area is 200 Å². The minimum absolute atomic E-state index is 0.0940. The van der Waals surface area contributed by atoms with Gasteiger partial charge in [0.2, 0.25) is 5.91 Å². The van der Waals surface area contributed by atoms with Crippen LogP contribution in [0.3, 0.4) is 0 Å². The van der Waals surface area contributed by atoms with Crippen LogP contribution in [0, 0.1) is 5.82 Å². The van der Waals surface area contributed by atoms with Crippen molar-refractivity contribution in [1.82, 2.24) is 19.5 Å². The molecule has 2 atom stereocenters. The summed E-state index contributed by atoms with van der Waals surface area (Å²) >= 11 is 0. The lowest BCUT2D eigenvalue weighted by Gasteiger charge is -2.46. The molecule has 1 aliphatic heterocycles. The molecule has 0 radical (unpaired) electrons. The van der Waals surface area contributed by atoms with Gasteiger partial charge in [0.05, 0.1) is 11.1 Å². The smallest absolute Gasteiger partial charge is 0.408 e. The highest BCUT2D eigenvalue weighted by molar-refractivity contribution is 8.22. The molecule has 0 spiro atoms. The van der Waals surface area contributed by atoms with Crippen molar-refractivity contribution in [3.05, 3.63) is 36.4 Å². The third kappa shape index (κ3) is 5.77. The number of fused-ring (bicyclic) bond motifs is 1. The summed E-state index contributed by atoms with van der Waals surface area (Å²) in [6.45, 7) is 9.47. The van der Waals surface area contributed by atoms with E-state index in [9.17, 15) is 23.1 Å². The maximum atomic E-state index is 14.6. The topological polar surface area (TPSA) is 115 Å². The van der Waals surface area contributed by atoms with Crippen molar-refractivity contribution >= 4 is 33.5 Å². The molecule has 2 aromatic rings. The van der Waals surface area contributed by atoms with Gasteiger partial charge in [0.1, 0.15) is 11.6 Å². The Hall–Kier alpha value is -2.47. The Bertz CT molecular complexity index is 1060. The fraction of sp³-hybridized carbons (Fsp3) is 0.522. The van der Waals surface area contributed by atoms with Crippen LogP contribution in [0.4, 0.5) is 9.18 Å². The van der Waals surface area contributed by atoms with Crippen molar-refractivity contribution in [1.29, 1.82) is 0 Å². The summed E-state index contributed by atoms with van der Waals surface area (Å²) in [5, 5.41) is 3.15. The molecule has 0 unspecified atom stereocenters. The number of alkyl carbamates (subject to hydrolysis) is 1. The fourth-order valence-electron chi connectivity index (χ4n) is 4.05. The predicted octanol–water partition coefficient (Wildman–Crippen LogP) is 4.23. The van der Waals surface area contributed by atoms with Gasteiger partial charge in [-0.2, -0.15) is 4.31 Å². The number of aromatic nitrogens is 1. The Balaban J connectivity index is 1.77. The van der Waals surface area contributed by atoms with Gasteiger partial charge in [-0.25, -0.2) is 9.18 Å². The summed E-state index contributed by atoms with van der Waals surface area (Å²) in [7, 11) is -3.55. The van der Waals surface area contributed by atoms with Gasteiger partial charge in [-0.05, 0) is 47.1 Å². The molecule has 34 heavy (non-hydrogen) atoms. The maximum absolute atomic E-state index is 14.6. The molecule has 11 heteroatoms. The highest BCUT2D eigenvalue weighted by atomic mass is 32.3. The first kappa shape index (κ1) is 26.1. The van der Waals surface area contributed by atoms with Crippen LogP contribution in [-0.4, -0.2) is 72.6 Å². The van der Waals surface area contributed by atoms with Crippen molar-refractivity contribution in [2.24, 2.45) is 0 Å². The zero-order chi connectivity index (χ0) is 25.3. The summed E-state index contributed by atoms with van der Waals surface area (Å²) in [5.74, 6) is -0.923. The number of hydrogen-bond donors (Lipinski definition) is 3. The molecule has 3 rings (SSSR count). The van der Waals surface area contributed by atoms with E-state index in [-0.39, 0.29) is 22.7 Å². The Kier molecular flexibility index (Phi) is 7.71. The van der Waals surface area contributed by atoms with Gasteiger partial charge in [-0.3, -0.25) is 18.9 Å². The van der Waals surface area contributed by atoms with Crippen molar-refractivity contribution in [3.63, 3.8) is 0 Å². The van der Waals surface area contributed by atoms with E-state index in [0.717, 1.165) is 6.20 Å². The van der Waals surface area contributed by atoms with Crippen LogP contribution in [0.1, 0.15) is 41.0 Å². The van der Waals surface area contributed by atoms with Crippen molar-refractivity contribution in [3.8, 4) is 0 Å². The van der Waals surface area contributed by atoms with E-state index in [4.69, 9.17) is 4.74 Å². The van der Waals surface area contributed by atoms with Crippen LogP contribution in [0.15, 0.2) is 35.5 Å². The van der Waals surface area contributed by atoms with Gasteiger partial charge in [0, 0.05) is 42.6 Å². The van der Waals surface area contributed by atoms with Crippen molar-refractivity contribution < 1.29 is 27.8 Å². The number of rotatable bonds is 4. The van der Waals surface area contributed by atoms with Crippen LogP contribution in [0.2, 0.25) is 0 Å². The molecular weight excluding hydrogens is 463 g/mol. The zero-order valence-electron chi connectivity index (χ0n) is 20.1. The number of pyridine rings is 1. The number of hydrogen-bond acceptors (Lipinski definition) is 7. The van der Waals surface area contributed by atoms with E-state index >= 15 is 0 Å². The highest BCUT2D eigenvalue weighted by Gasteiger charge is 2.36. The molecule has 0 bridgehead atoms. The van der Waals surface area contributed by atoms with Crippen LogP contribution in [0.5, 0.6) is 0 Å². The van der Waals surface area contributed by atoms with Gasteiger partial charge < -0.3 is 15.0 Å². The third-order valence-corrected chi connectivity index (χ3v) is 7.65. The zero-order valence-corrected chi connectivity index (χ0v) is 20.9. The van der Waals surface area contributed by atoms with E-state index in [2.05, 4.69) is 10.3 Å². The van der Waals surface area contributed by atoms with E-state index < -0.39 is 40.4 Å². The molecule has 1 fully saturated rings. The SMILES string of the molecule is C[C@@H](NC(=O)OC(C)(C)C)C(=O)N1CCCN(S(O)(O)c2cccc3cncc(F)c23)[C@@H](C)C1. The van der Waals surface area contributed by atoms with E-state index in [1.54, 1.807) is 51.7 Å². The highest BCUT2D eigenvalue weighted by Crippen LogP contribution is 2.55. The number of benzene rings is 1. The molecule has 2 heterocycles. The van der Waals surface area contributed by atoms with Crippen LogP contribution in [-0.2, 0) is 9.53 Å². The second-order valence-electron chi connectivity index (χ2n) is 9.49. The molecule has 3 N–H and O–H groups in total. The summed E-state index contributed by atoms with van der Waals surface area (Å²) < 4.78 is 43.9. The Morgan fingerprint density at radius 3 is 2.65 bits per heavy atom. The number of ether oxygens (including phenoxy) is 1. The van der Waals surface area contributed by atoms with Crippen molar-refractivity contribution in [2.75, 3.05) is 19.6 Å². The van der Waals surface area contributed by atoms with Crippen LogP contribution in [0.25, 0.3) is 10.8 Å². The molecule has 0 saturated carbocycles. The Morgan fingerprint density at radius 2 is 1.97 bits per heavy atom. The Morgan fingerprint density at radius 1 is 1.26 bits per heavy atom. The standard InChI is InChI=1S/C23H33FN4O5S/c1-15-14-27(21(29)16(2)26-22(30)33-23(3,4)5)10-7-11-28(15)34(31,32)19-9-6-8-17-12-25-13-18(24)20(17)19/h6,8-9,12-13,15-16,31-32H,7,10-11,14H2,1-5H3,(H,26,30)/t15-,16+/m0/s1. The molecule has 1 aliphatic rings. The van der Waals surface area contributed by atoms with E-state index in [1.807, 2.05) is 0 Å². The monoisotopic (exact) mass is 496 g/mol. The molecule has 188 valence electrons. The maximum Gasteiger partial charge on any atom is 0.408 e. The quantitative estimate of drug-likeness (QED) is 0.580. The molecule has 9 nitrogen and oxygen atoms in total. The molecule has 1 saturated heterocycles. The second-order valence-corrected chi connectivity index (χ2v) is 11.4. The number of carbonyl (C=O) groups excluding carboxylic acids is 2. The summed E-state index contributed by atoms with van der Waals surface area (Å²) in [4.78, 5) is 30.6. The fourth-order valence-corrected chi connectivity index (χ4v) is 6.01. The lowest BCUT2D eigenvalue weighted by atomic mass is 10.2. The summed E-state index contributed by atoms with van der Waals surface area (Å²) in [6.07, 6.45) is 2.31. The van der Waals surface area contributed by atoms with Gasteiger partial charge in [-0.1, -0.05) is 12.1 Å². The first-order chi connectivity index (χ1) is 15.8. The predicted molar refractivity (Wildman–Crippen MR) is 129 cm³/mol. The minimum Gasteiger partial charge on any atom is -0.444 e. The summed E-state index contributed by atoms with van der Waals surface area (Å²) in [5.41, 5.74) is -0.685. The lowest BCUT2D eigenvalue weighted by Crippen LogP contribution is -2.50. The van der Waals surface area contributed by atoms with Crippen LogP contribution >= 0.6 is 10.8 Å². The lowest BCUT2D eigenvalue weighted by molar-refractivity contribution is -0.133. The molecule has 0 aliphatic carbocycles. The van der Waals surface area contributed by atoms with Crippen molar-refractivity contribution in [2.45, 2.75) is 63.6 Å². The number of nitrogens with zero attached hydrogens (tertiary/aromatic N) is 3. The number of amides is 2. The largest absolute Gasteiger partial charge is 0.444 e. The molecule has 1 aromatic heterocycles. The first-order valence-electron chi connectivity index (χ1n) is 11.2. The normalized spacial score (nSPS) is 19.4. The molecular formula is C23H33FN4O5S. The number of nitrogens with one attached hydrogen (secondary N) is 1. The first-order valence-corrected chi connectivity index (χ1v) is 12.7. The third-order valence-electron chi connectivity index (χ3n) is 5.52.